The van der Waals surface area contributed by atoms with Crippen LogP contribution >= 0.6 is 0 Å². The first-order valence-electron chi connectivity index (χ1n) is 21.3. The number of hydrogen-bond acceptors (Lipinski definition) is 15. The number of amides is 1. The second kappa shape index (κ2) is 20.9. The minimum atomic E-state index is -1.82. The number of alkyl carbamates (subject to hydrolysis) is 1. The van der Waals surface area contributed by atoms with Crippen molar-refractivity contribution >= 4 is 12.1 Å². The zero-order chi connectivity index (χ0) is 44.1. The molecule has 0 saturated carbocycles. The molecule has 3 aliphatic heterocycles. The maximum absolute atomic E-state index is 14.4. The van der Waals surface area contributed by atoms with Crippen LogP contribution < -0.4 is 5.32 Å². The van der Waals surface area contributed by atoms with E-state index in [0.29, 0.717) is 19.5 Å². The number of rotatable bonds is 10. The third kappa shape index (κ3) is 12.0. The maximum atomic E-state index is 14.4. The number of cyclic esters (lactones) is 1. The normalized spacial score (nSPS) is 45.5. The number of carbonyl (C=O) groups excluding carboxylic acids is 2. The van der Waals surface area contributed by atoms with Gasteiger partial charge in [-0.2, -0.15) is 0 Å². The molecule has 3 aliphatic rings. The molecule has 0 aromatic rings. The van der Waals surface area contributed by atoms with Gasteiger partial charge in [0.2, 0.25) is 0 Å². The Morgan fingerprint density at radius 1 is 0.983 bits per heavy atom. The second-order valence-electron chi connectivity index (χ2n) is 18.5. The van der Waals surface area contributed by atoms with E-state index in [-0.39, 0.29) is 37.3 Å². The molecular weight excluding hydrogens is 754 g/mol. The summed E-state index contributed by atoms with van der Waals surface area (Å²) in [6, 6.07) is -0.847. The van der Waals surface area contributed by atoms with Crippen LogP contribution in [0.15, 0.2) is 0 Å². The molecule has 340 valence electrons. The van der Waals surface area contributed by atoms with Gasteiger partial charge in [-0.15, -0.1) is 0 Å². The highest BCUT2D eigenvalue weighted by atomic mass is 16.7. The van der Waals surface area contributed by atoms with Crippen molar-refractivity contribution in [1.29, 1.82) is 0 Å². The van der Waals surface area contributed by atoms with Gasteiger partial charge in [0.25, 0.3) is 0 Å². The molecule has 0 aliphatic carbocycles. The van der Waals surface area contributed by atoms with Crippen molar-refractivity contribution in [3.63, 3.8) is 0 Å². The smallest absolute Gasteiger partial charge is 0.407 e. The lowest BCUT2D eigenvalue weighted by Crippen LogP contribution is -2.61. The van der Waals surface area contributed by atoms with Gasteiger partial charge >= 0.3 is 12.1 Å². The standard InChI is InChI=1S/C42H79N3O13/c1-16-18-43-39(49)58-36-28(8)54-31(21-41(36,10)52-15)56-33-25(5)35(57-38-32(46)29(44(12)13)19-24(4)53-38)40(9,50)20-23(3)22-45(14)27(7)34(47)42(11,51)30(17-2)55-37(48)26(33)6/h23-36,38,46-47,50-51H,16-22H2,1-15H3,(H,43,49)/t23-,24-,25+,26-,27-,28+,29+,30-,31+,32-,33+,34-,35-,36+,38+,40-,41-,42-/m1/s1. The molecule has 3 rings (SSSR count). The predicted molar refractivity (Wildman–Crippen MR) is 217 cm³/mol. The zero-order valence-electron chi connectivity index (χ0n) is 38.0. The summed E-state index contributed by atoms with van der Waals surface area (Å²) in [5, 5.41) is 50.3. The summed E-state index contributed by atoms with van der Waals surface area (Å²) in [7, 11) is 7.12. The minimum absolute atomic E-state index is 0.0959. The van der Waals surface area contributed by atoms with Crippen molar-refractivity contribution < 1.29 is 63.2 Å². The molecule has 5 N–H and O–H groups in total. The lowest BCUT2D eigenvalue weighted by Gasteiger charge is -2.49. The van der Waals surface area contributed by atoms with Gasteiger partial charge in [-0.1, -0.05) is 27.7 Å². The fraction of sp³-hybridized carbons (Fsp3) is 0.952. The van der Waals surface area contributed by atoms with Gasteiger partial charge in [-0.05, 0) is 101 Å². The van der Waals surface area contributed by atoms with Crippen LogP contribution in [0.2, 0.25) is 0 Å². The molecule has 3 saturated heterocycles. The SMILES string of the molecule is CCCNC(=O)O[C@H]1[C@H](C)O[C@@H](O[C@H]2[C@H](C)[C@@H](O[C@@H]3O[C@H](C)C[C@H](N(C)C)[C@H]3O)[C@](C)(O)C[C@@H](C)CN(C)[C@H](C)[C@@H](O)[C@](C)(O)[C@@H](CC)OC(=O)[C@@H]2C)C[C@@]1(C)OC. The van der Waals surface area contributed by atoms with E-state index >= 15 is 0 Å². The van der Waals surface area contributed by atoms with Gasteiger partial charge in [0.1, 0.15) is 29.5 Å². The highest BCUT2D eigenvalue weighted by Gasteiger charge is 2.53. The van der Waals surface area contributed by atoms with E-state index in [0.717, 1.165) is 6.42 Å². The Bertz CT molecular complexity index is 1310. The molecule has 16 heteroatoms. The number of likely N-dealkylation sites (N-methyl/N-ethyl adjacent to an activating group) is 2. The Kier molecular flexibility index (Phi) is 18.3. The van der Waals surface area contributed by atoms with Crippen LogP contribution in [0.1, 0.15) is 108 Å². The van der Waals surface area contributed by atoms with Crippen molar-refractivity contribution in [2.75, 3.05) is 41.3 Å². The Balaban J connectivity index is 2.16. The van der Waals surface area contributed by atoms with Gasteiger partial charge < -0.3 is 68.7 Å². The van der Waals surface area contributed by atoms with Gasteiger partial charge in [0.15, 0.2) is 18.7 Å². The number of aliphatic hydroxyl groups excluding tert-OH is 2. The molecule has 18 atom stereocenters. The molecule has 16 nitrogen and oxygen atoms in total. The minimum Gasteiger partial charge on any atom is -0.459 e. The summed E-state index contributed by atoms with van der Waals surface area (Å²) in [5.74, 6) is -2.71. The molecule has 0 bridgehead atoms. The number of methoxy groups -OCH3 is 1. The largest absolute Gasteiger partial charge is 0.459 e. The summed E-state index contributed by atoms with van der Waals surface area (Å²) in [5.41, 5.74) is -4.48. The van der Waals surface area contributed by atoms with Gasteiger partial charge in [-0.25, -0.2) is 4.79 Å². The van der Waals surface area contributed by atoms with Crippen LogP contribution in [0.3, 0.4) is 0 Å². The molecular formula is C42H79N3O13. The molecule has 0 spiro atoms. The van der Waals surface area contributed by atoms with Crippen molar-refractivity contribution in [1.82, 2.24) is 15.1 Å². The van der Waals surface area contributed by atoms with E-state index in [2.05, 4.69) is 5.32 Å². The van der Waals surface area contributed by atoms with E-state index in [9.17, 15) is 30.0 Å². The number of nitrogens with zero attached hydrogens (tertiary/aromatic N) is 2. The highest BCUT2D eigenvalue weighted by molar-refractivity contribution is 5.73. The van der Waals surface area contributed by atoms with Crippen molar-refractivity contribution in [3.05, 3.63) is 0 Å². The summed E-state index contributed by atoms with van der Waals surface area (Å²) in [6.45, 7) is 20.4. The van der Waals surface area contributed by atoms with E-state index in [4.69, 9.17) is 33.2 Å². The van der Waals surface area contributed by atoms with Crippen LogP contribution in [0.4, 0.5) is 4.79 Å². The summed E-state index contributed by atoms with van der Waals surface area (Å²) < 4.78 is 44.1. The average molecular weight is 834 g/mol. The lowest BCUT2D eigenvalue weighted by atomic mass is 9.77. The van der Waals surface area contributed by atoms with Crippen molar-refractivity contribution in [2.24, 2.45) is 17.8 Å². The summed E-state index contributed by atoms with van der Waals surface area (Å²) in [4.78, 5) is 30.9. The number of esters is 1. The zero-order valence-corrected chi connectivity index (χ0v) is 38.0. The quantitative estimate of drug-likeness (QED) is 0.201. The van der Waals surface area contributed by atoms with Crippen LogP contribution in [0.5, 0.6) is 0 Å². The molecule has 0 unspecified atom stereocenters. The lowest BCUT2D eigenvalue weighted by molar-refractivity contribution is -0.317. The molecule has 3 heterocycles. The Hall–Kier alpha value is -1.70. The average Bonchev–Trinajstić information content (AvgIpc) is 3.14. The molecule has 0 aromatic carbocycles. The fourth-order valence-corrected chi connectivity index (χ4v) is 9.33. The van der Waals surface area contributed by atoms with E-state index in [1.54, 1.807) is 41.5 Å². The summed E-state index contributed by atoms with van der Waals surface area (Å²) >= 11 is 0. The van der Waals surface area contributed by atoms with E-state index < -0.39 is 102 Å². The van der Waals surface area contributed by atoms with Gasteiger partial charge in [-0.3, -0.25) is 4.79 Å². The van der Waals surface area contributed by atoms with Crippen molar-refractivity contribution in [2.45, 2.75) is 199 Å². The topological polar surface area (TPSA) is 198 Å². The van der Waals surface area contributed by atoms with Crippen LogP contribution in [0.25, 0.3) is 0 Å². The Morgan fingerprint density at radius 2 is 1.62 bits per heavy atom. The molecule has 1 amide bonds. The molecule has 3 fully saturated rings. The first-order valence-corrected chi connectivity index (χ1v) is 21.3. The highest BCUT2D eigenvalue weighted by Crippen LogP contribution is 2.41. The molecule has 0 radical (unpaired) electrons. The van der Waals surface area contributed by atoms with Crippen LogP contribution in [-0.2, 0) is 38.0 Å². The van der Waals surface area contributed by atoms with Crippen molar-refractivity contribution in [3.8, 4) is 0 Å². The van der Waals surface area contributed by atoms with E-state index in [1.165, 1.54) is 14.0 Å². The third-order valence-corrected chi connectivity index (χ3v) is 12.9. The first kappa shape index (κ1) is 50.7. The maximum Gasteiger partial charge on any atom is 0.407 e. The molecule has 0 aromatic heterocycles. The second-order valence-corrected chi connectivity index (χ2v) is 18.5. The number of ether oxygens (including phenoxy) is 7. The number of carbonyl (C=O) groups is 2. The van der Waals surface area contributed by atoms with Crippen LogP contribution in [0, 0.1) is 17.8 Å². The van der Waals surface area contributed by atoms with Gasteiger partial charge in [0.05, 0.1) is 35.9 Å². The fourth-order valence-electron chi connectivity index (χ4n) is 9.33. The number of aliphatic hydroxyl groups is 4. The van der Waals surface area contributed by atoms with E-state index in [1.807, 2.05) is 58.6 Å². The monoisotopic (exact) mass is 834 g/mol. The Morgan fingerprint density at radius 3 is 2.19 bits per heavy atom. The number of hydrogen-bond donors (Lipinski definition) is 5. The Labute approximate surface area is 347 Å². The number of nitrogens with one attached hydrogen (secondary N) is 1. The summed E-state index contributed by atoms with van der Waals surface area (Å²) in [6.07, 6.45) is -8.31. The predicted octanol–water partition coefficient (Wildman–Crippen LogP) is 3.04. The van der Waals surface area contributed by atoms with Gasteiger partial charge in [0, 0.05) is 44.6 Å². The first-order chi connectivity index (χ1) is 26.8. The molecule has 58 heavy (non-hydrogen) atoms. The third-order valence-electron chi connectivity index (χ3n) is 12.9. The van der Waals surface area contributed by atoms with Crippen LogP contribution in [-0.4, -0.2) is 174 Å².